The second kappa shape index (κ2) is 8.52. The Hall–Kier alpha value is -1.30. The lowest BCUT2D eigenvalue weighted by atomic mass is 10.2. The minimum Gasteiger partial charge on any atom is -0.497 e. The Kier molecular flexibility index (Phi) is 6.13. The molecule has 1 aromatic rings. The van der Waals surface area contributed by atoms with E-state index in [9.17, 15) is 0 Å². The summed E-state index contributed by atoms with van der Waals surface area (Å²) in [5, 5.41) is 0. The molecule has 0 N–H and O–H groups in total. The zero-order valence-electron chi connectivity index (χ0n) is 14.1. The molecular weight excluding hydrogens is 292 g/mol. The summed E-state index contributed by atoms with van der Waals surface area (Å²) < 4.78 is 16.8. The smallest absolute Gasteiger partial charge is 0.119 e. The molecular formula is C18H28N2O3. The standard InChI is InChI=1S/C18H28N2O3/c1-21-17-4-6-18(7-5-17)23-15-16(14-19-8-2-3-9-19)20-10-12-22-13-11-20/h4-7,16H,2-3,8-15H2,1H3. The van der Waals surface area contributed by atoms with Gasteiger partial charge in [-0.05, 0) is 50.2 Å². The van der Waals surface area contributed by atoms with Gasteiger partial charge in [0.2, 0.25) is 0 Å². The van der Waals surface area contributed by atoms with Crippen molar-refractivity contribution in [2.24, 2.45) is 0 Å². The zero-order chi connectivity index (χ0) is 15.9. The van der Waals surface area contributed by atoms with Gasteiger partial charge >= 0.3 is 0 Å². The lowest BCUT2D eigenvalue weighted by Gasteiger charge is -2.36. The van der Waals surface area contributed by atoms with Crippen LogP contribution in [-0.2, 0) is 4.74 Å². The number of methoxy groups -OCH3 is 1. The first-order valence-corrected chi connectivity index (χ1v) is 8.66. The third-order valence-electron chi connectivity index (χ3n) is 4.73. The second-order valence-electron chi connectivity index (χ2n) is 6.30. The number of ether oxygens (including phenoxy) is 3. The van der Waals surface area contributed by atoms with Crippen molar-refractivity contribution in [2.45, 2.75) is 18.9 Å². The second-order valence-corrected chi connectivity index (χ2v) is 6.30. The molecule has 3 rings (SSSR count). The minimum absolute atomic E-state index is 0.430. The molecule has 1 atom stereocenters. The van der Waals surface area contributed by atoms with Gasteiger partial charge in [-0.25, -0.2) is 0 Å². The maximum Gasteiger partial charge on any atom is 0.119 e. The largest absolute Gasteiger partial charge is 0.497 e. The van der Waals surface area contributed by atoms with Gasteiger partial charge in [0.15, 0.2) is 0 Å². The molecule has 2 aliphatic heterocycles. The summed E-state index contributed by atoms with van der Waals surface area (Å²) in [4.78, 5) is 5.09. The quantitative estimate of drug-likeness (QED) is 0.766. The Morgan fingerprint density at radius 2 is 1.65 bits per heavy atom. The van der Waals surface area contributed by atoms with Crippen molar-refractivity contribution in [3.05, 3.63) is 24.3 Å². The Bertz CT molecular complexity index is 454. The van der Waals surface area contributed by atoms with Crippen molar-refractivity contribution in [3.8, 4) is 11.5 Å². The monoisotopic (exact) mass is 320 g/mol. The van der Waals surface area contributed by atoms with Crippen molar-refractivity contribution in [2.75, 3.05) is 59.7 Å². The van der Waals surface area contributed by atoms with Crippen LogP contribution in [0, 0.1) is 0 Å². The lowest BCUT2D eigenvalue weighted by molar-refractivity contribution is -0.00149. The fourth-order valence-electron chi connectivity index (χ4n) is 3.34. The van der Waals surface area contributed by atoms with Crippen LogP contribution in [0.25, 0.3) is 0 Å². The number of hydrogen-bond donors (Lipinski definition) is 0. The fraction of sp³-hybridized carbons (Fsp3) is 0.667. The number of rotatable bonds is 7. The van der Waals surface area contributed by atoms with Gasteiger partial charge in [-0.15, -0.1) is 0 Å². The summed E-state index contributed by atoms with van der Waals surface area (Å²) in [5.74, 6) is 1.77. The van der Waals surface area contributed by atoms with Gasteiger partial charge in [0.25, 0.3) is 0 Å². The van der Waals surface area contributed by atoms with Crippen molar-refractivity contribution in [1.29, 1.82) is 0 Å². The fourth-order valence-corrected chi connectivity index (χ4v) is 3.34. The lowest BCUT2D eigenvalue weighted by Crippen LogP contribution is -2.51. The molecule has 0 bridgehead atoms. The normalized spacial score (nSPS) is 21.3. The van der Waals surface area contributed by atoms with E-state index in [1.165, 1.54) is 25.9 Å². The topological polar surface area (TPSA) is 34.2 Å². The number of nitrogens with zero attached hydrogens (tertiary/aromatic N) is 2. The average molecular weight is 320 g/mol. The van der Waals surface area contributed by atoms with Gasteiger partial charge in [0.05, 0.1) is 26.4 Å². The molecule has 128 valence electrons. The van der Waals surface area contributed by atoms with Crippen LogP contribution in [0.1, 0.15) is 12.8 Å². The highest BCUT2D eigenvalue weighted by Gasteiger charge is 2.25. The molecule has 2 heterocycles. The molecule has 0 aromatic heterocycles. The highest BCUT2D eigenvalue weighted by atomic mass is 16.5. The third-order valence-corrected chi connectivity index (χ3v) is 4.73. The minimum atomic E-state index is 0.430. The molecule has 2 saturated heterocycles. The summed E-state index contributed by atoms with van der Waals surface area (Å²) in [6, 6.07) is 8.27. The first-order valence-electron chi connectivity index (χ1n) is 8.66. The molecule has 0 spiro atoms. The molecule has 0 saturated carbocycles. The SMILES string of the molecule is COc1ccc(OCC(CN2CCCC2)N2CCOCC2)cc1. The van der Waals surface area contributed by atoms with Crippen LogP contribution in [0.2, 0.25) is 0 Å². The van der Waals surface area contributed by atoms with Crippen molar-refractivity contribution in [3.63, 3.8) is 0 Å². The molecule has 23 heavy (non-hydrogen) atoms. The third kappa shape index (κ3) is 4.83. The predicted octanol–water partition coefficient (Wildman–Crippen LogP) is 1.87. The highest BCUT2D eigenvalue weighted by molar-refractivity contribution is 5.31. The van der Waals surface area contributed by atoms with Crippen LogP contribution in [0.5, 0.6) is 11.5 Å². The van der Waals surface area contributed by atoms with E-state index >= 15 is 0 Å². The summed E-state index contributed by atoms with van der Waals surface area (Å²) in [7, 11) is 1.68. The van der Waals surface area contributed by atoms with Crippen molar-refractivity contribution >= 4 is 0 Å². The maximum atomic E-state index is 6.07. The first-order chi connectivity index (χ1) is 11.3. The summed E-state index contributed by atoms with van der Waals surface area (Å²) in [6.45, 7) is 7.94. The first kappa shape index (κ1) is 16.6. The van der Waals surface area contributed by atoms with Crippen LogP contribution in [0.4, 0.5) is 0 Å². The van der Waals surface area contributed by atoms with E-state index in [0.29, 0.717) is 6.04 Å². The van der Waals surface area contributed by atoms with Gasteiger partial charge in [0.1, 0.15) is 18.1 Å². The van der Waals surface area contributed by atoms with Gasteiger partial charge in [0, 0.05) is 19.6 Å². The molecule has 2 fully saturated rings. The number of hydrogen-bond acceptors (Lipinski definition) is 5. The van der Waals surface area contributed by atoms with Crippen LogP contribution in [-0.4, -0.2) is 75.5 Å². The van der Waals surface area contributed by atoms with Gasteiger partial charge < -0.3 is 19.1 Å². The number of likely N-dealkylation sites (tertiary alicyclic amines) is 1. The van der Waals surface area contributed by atoms with E-state index in [0.717, 1.165) is 51.0 Å². The van der Waals surface area contributed by atoms with Crippen LogP contribution >= 0.6 is 0 Å². The molecule has 0 aliphatic carbocycles. The van der Waals surface area contributed by atoms with E-state index in [2.05, 4.69) is 9.80 Å². The Morgan fingerprint density at radius 3 is 2.30 bits per heavy atom. The number of benzene rings is 1. The van der Waals surface area contributed by atoms with E-state index in [1.54, 1.807) is 7.11 Å². The van der Waals surface area contributed by atoms with E-state index in [-0.39, 0.29) is 0 Å². The molecule has 2 aliphatic rings. The van der Waals surface area contributed by atoms with E-state index < -0.39 is 0 Å². The maximum absolute atomic E-state index is 6.07. The molecule has 0 amide bonds. The molecule has 1 aromatic carbocycles. The van der Waals surface area contributed by atoms with Gasteiger partial charge in [-0.3, -0.25) is 4.90 Å². The molecule has 0 radical (unpaired) electrons. The molecule has 5 heteroatoms. The van der Waals surface area contributed by atoms with Crippen LogP contribution in [0.15, 0.2) is 24.3 Å². The number of morpholine rings is 1. The van der Waals surface area contributed by atoms with E-state index in [1.807, 2.05) is 24.3 Å². The highest BCUT2D eigenvalue weighted by Crippen LogP contribution is 2.18. The average Bonchev–Trinajstić information content (AvgIpc) is 3.13. The molecule has 5 nitrogen and oxygen atoms in total. The summed E-state index contributed by atoms with van der Waals surface area (Å²) in [5.41, 5.74) is 0. The summed E-state index contributed by atoms with van der Waals surface area (Å²) >= 11 is 0. The van der Waals surface area contributed by atoms with Gasteiger partial charge in [-0.1, -0.05) is 0 Å². The molecule has 1 unspecified atom stereocenters. The summed E-state index contributed by atoms with van der Waals surface area (Å²) in [6.07, 6.45) is 2.66. The Morgan fingerprint density at radius 1 is 1.00 bits per heavy atom. The Balaban J connectivity index is 1.57. The zero-order valence-corrected chi connectivity index (χ0v) is 14.1. The van der Waals surface area contributed by atoms with Crippen molar-refractivity contribution in [1.82, 2.24) is 9.80 Å². The predicted molar refractivity (Wildman–Crippen MR) is 90.3 cm³/mol. The van der Waals surface area contributed by atoms with E-state index in [4.69, 9.17) is 14.2 Å². The van der Waals surface area contributed by atoms with Crippen LogP contribution in [0.3, 0.4) is 0 Å². The Labute approximate surface area is 139 Å². The van der Waals surface area contributed by atoms with Crippen LogP contribution < -0.4 is 9.47 Å². The van der Waals surface area contributed by atoms with Crippen molar-refractivity contribution < 1.29 is 14.2 Å². The van der Waals surface area contributed by atoms with Gasteiger partial charge in [-0.2, -0.15) is 0 Å².